The first-order chi connectivity index (χ1) is 8.16. The van der Waals surface area contributed by atoms with Crippen molar-refractivity contribution < 1.29 is 0 Å². The predicted octanol–water partition coefficient (Wildman–Crippen LogP) is 2.57. The molecule has 0 aliphatic heterocycles. The van der Waals surface area contributed by atoms with E-state index in [0.29, 0.717) is 0 Å². The van der Waals surface area contributed by atoms with Crippen molar-refractivity contribution in [1.82, 2.24) is 14.8 Å². The molecule has 1 heterocycles. The standard InChI is InChI=1S/C13H18N4/c1-10(17-12(3)15-11(2)16-17)9-14-13-7-5-4-6-8-13/h4-8,10,14H,9H2,1-3H3. The van der Waals surface area contributed by atoms with Gasteiger partial charge in [0, 0.05) is 12.2 Å². The molecule has 1 aromatic carbocycles. The molecular formula is C13H18N4. The Morgan fingerprint density at radius 1 is 1.24 bits per heavy atom. The molecular weight excluding hydrogens is 212 g/mol. The third-order valence-corrected chi connectivity index (χ3v) is 2.70. The van der Waals surface area contributed by atoms with Crippen LogP contribution in [0.15, 0.2) is 30.3 Å². The molecule has 0 radical (unpaired) electrons. The zero-order chi connectivity index (χ0) is 12.3. The minimum atomic E-state index is 0.288. The molecule has 90 valence electrons. The van der Waals surface area contributed by atoms with Gasteiger partial charge in [0.15, 0.2) is 0 Å². The Morgan fingerprint density at radius 3 is 2.53 bits per heavy atom. The van der Waals surface area contributed by atoms with Crippen molar-refractivity contribution in [3.05, 3.63) is 42.0 Å². The highest BCUT2D eigenvalue weighted by atomic mass is 15.4. The van der Waals surface area contributed by atoms with E-state index in [9.17, 15) is 0 Å². The predicted molar refractivity (Wildman–Crippen MR) is 69.1 cm³/mol. The van der Waals surface area contributed by atoms with E-state index in [2.05, 4.69) is 34.5 Å². The molecule has 2 aromatic rings. The minimum absolute atomic E-state index is 0.288. The molecule has 0 fully saturated rings. The van der Waals surface area contributed by atoms with Crippen LogP contribution in [-0.4, -0.2) is 21.3 Å². The number of para-hydroxylation sites is 1. The summed E-state index contributed by atoms with van der Waals surface area (Å²) in [4.78, 5) is 4.31. The topological polar surface area (TPSA) is 42.7 Å². The second-order valence-electron chi connectivity index (χ2n) is 4.25. The number of nitrogens with zero attached hydrogens (tertiary/aromatic N) is 3. The number of hydrogen-bond donors (Lipinski definition) is 1. The molecule has 0 amide bonds. The summed E-state index contributed by atoms with van der Waals surface area (Å²) < 4.78 is 1.96. The van der Waals surface area contributed by atoms with Crippen LogP contribution in [0.2, 0.25) is 0 Å². The van der Waals surface area contributed by atoms with Crippen LogP contribution in [0.3, 0.4) is 0 Å². The Labute approximate surface area is 102 Å². The lowest BCUT2D eigenvalue weighted by atomic mass is 10.3. The van der Waals surface area contributed by atoms with Crippen molar-refractivity contribution in [3.63, 3.8) is 0 Å². The highest BCUT2D eigenvalue weighted by Crippen LogP contribution is 2.10. The first-order valence-corrected chi connectivity index (χ1v) is 5.85. The molecule has 4 heteroatoms. The molecule has 4 nitrogen and oxygen atoms in total. The molecule has 1 aromatic heterocycles. The normalized spacial score (nSPS) is 12.4. The summed E-state index contributed by atoms with van der Waals surface area (Å²) in [5.74, 6) is 1.79. The van der Waals surface area contributed by atoms with Gasteiger partial charge in [0.25, 0.3) is 0 Å². The third-order valence-electron chi connectivity index (χ3n) is 2.70. The summed E-state index contributed by atoms with van der Waals surface area (Å²) in [6.07, 6.45) is 0. The molecule has 0 saturated heterocycles. The number of rotatable bonds is 4. The average molecular weight is 230 g/mol. The van der Waals surface area contributed by atoms with Crippen molar-refractivity contribution in [2.75, 3.05) is 11.9 Å². The van der Waals surface area contributed by atoms with E-state index in [1.165, 1.54) is 0 Å². The molecule has 0 bridgehead atoms. The summed E-state index contributed by atoms with van der Waals surface area (Å²) in [6.45, 7) is 6.88. The molecule has 2 rings (SSSR count). The molecule has 0 aliphatic carbocycles. The molecule has 0 aliphatic rings. The van der Waals surface area contributed by atoms with Crippen molar-refractivity contribution in [3.8, 4) is 0 Å². The van der Waals surface area contributed by atoms with Gasteiger partial charge in [0.05, 0.1) is 6.04 Å². The summed E-state index contributed by atoms with van der Waals surface area (Å²) in [5, 5.41) is 7.78. The SMILES string of the molecule is Cc1nc(C)n(C(C)CNc2ccccc2)n1. The Hall–Kier alpha value is -1.84. The second-order valence-corrected chi connectivity index (χ2v) is 4.25. The highest BCUT2D eigenvalue weighted by molar-refractivity contribution is 5.42. The van der Waals surface area contributed by atoms with Crippen molar-refractivity contribution in [2.45, 2.75) is 26.8 Å². The number of aryl methyl sites for hydroxylation is 2. The van der Waals surface area contributed by atoms with Crippen molar-refractivity contribution >= 4 is 5.69 Å². The largest absolute Gasteiger partial charge is 0.383 e. The molecule has 1 unspecified atom stereocenters. The maximum atomic E-state index is 4.39. The van der Waals surface area contributed by atoms with Crippen LogP contribution in [0.4, 0.5) is 5.69 Å². The van der Waals surface area contributed by atoms with E-state index < -0.39 is 0 Å². The van der Waals surface area contributed by atoms with E-state index in [1.807, 2.05) is 36.7 Å². The van der Waals surface area contributed by atoms with Crippen LogP contribution in [0, 0.1) is 13.8 Å². The molecule has 0 spiro atoms. The van der Waals surface area contributed by atoms with Crippen molar-refractivity contribution in [1.29, 1.82) is 0 Å². The fraction of sp³-hybridized carbons (Fsp3) is 0.385. The number of benzene rings is 1. The van der Waals surface area contributed by atoms with Crippen LogP contribution < -0.4 is 5.32 Å². The average Bonchev–Trinajstić information content (AvgIpc) is 2.67. The molecule has 1 N–H and O–H groups in total. The molecule has 0 saturated carbocycles. The second kappa shape index (κ2) is 4.99. The van der Waals surface area contributed by atoms with Gasteiger partial charge < -0.3 is 5.32 Å². The number of aromatic nitrogens is 3. The van der Waals surface area contributed by atoms with Gasteiger partial charge in [-0.25, -0.2) is 9.67 Å². The first-order valence-electron chi connectivity index (χ1n) is 5.85. The minimum Gasteiger partial charge on any atom is -0.383 e. The van der Waals surface area contributed by atoms with E-state index >= 15 is 0 Å². The summed E-state index contributed by atoms with van der Waals surface area (Å²) in [6, 6.07) is 10.5. The van der Waals surface area contributed by atoms with Gasteiger partial charge in [0.2, 0.25) is 0 Å². The van der Waals surface area contributed by atoms with Crippen LogP contribution in [0.1, 0.15) is 24.6 Å². The van der Waals surface area contributed by atoms with Gasteiger partial charge in [-0.3, -0.25) is 0 Å². The monoisotopic (exact) mass is 230 g/mol. The number of hydrogen-bond acceptors (Lipinski definition) is 3. The van der Waals surface area contributed by atoms with Gasteiger partial charge in [-0.2, -0.15) is 5.10 Å². The number of anilines is 1. The zero-order valence-electron chi connectivity index (χ0n) is 10.5. The van der Waals surface area contributed by atoms with Crippen LogP contribution >= 0.6 is 0 Å². The van der Waals surface area contributed by atoms with E-state index in [4.69, 9.17) is 0 Å². The molecule has 17 heavy (non-hydrogen) atoms. The summed E-state index contributed by atoms with van der Waals surface area (Å²) >= 11 is 0. The van der Waals surface area contributed by atoms with Crippen LogP contribution in [0.5, 0.6) is 0 Å². The lowest BCUT2D eigenvalue weighted by molar-refractivity contribution is 0.496. The van der Waals surface area contributed by atoms with Crippen LogP contribution in [0.25, 0.3) is 0 Å². The zero-order valence-corrected chi connectivity index (χ0v) is 10.5. The first kappa shape index (κ1) is 11.6. The van der Waals surface area contributed by atoms with E-state index in [-0.39, 0.29) is 6.04 Å². The summed E-state index contributed by atoms with van der Waals surface area (Å²) in [5.41, 5.74) is 1.13. The third kappa shape index (κ3) is 2.84. The lowest BCUT2D eigenvalue weighted by Crippen LogP contribution is -2.18. The van der Waals surface area contributed by atoms with E-state index in [1.54, 1.807) is 0 Å². The number of nitrogens with one attached hydrogen (secondary N) is 1. The Bertz CT molecular complexity index is 475. The smallest absolute Gasteiger partial charge is 0.147 e. The fourth-order valence-corrected chi connectivity index (χ4v) is 1.86. The van der Waals surface area contributed by atoms with Gasteiger partial charge in [-0.1, -0.05) is 18.2 Å². The maximum absolute atomic E-state index is 4.39. The molecule has 1 atom stereocenters. The van der Waals surface area contributed by atoms with Gasteiger partial charge in [-0.15, -0.1) is 0 Å². The Balaban J connectivity index is 1.98. The van der Waals surface area contributed by atoms with Gasteiger partial charge >= 0.3 is 0 Å². The van der Waals surface area contributed by atoms with E-state index in [0.717, 1.165) is 23.9 Å². The maximum Gasteiger partial charge on any atom is 0.147 e. The quantitative estimate of drug-likeness (QED) is 0.877. The van der Waals surface area contributed by atoms with Gasteiger partial charge in [0.1, 0.15) is 11.6 Å². The van der Waals surface area contributed by atoms with Crippen LogP contribution in [-0.2, 0) is 0 Å². The Morgan fingerprint density at radius 2 is 1.94 bits per heavy atom. The highest BCUT2D eigenvalue weighted by Gasteiger charge is 2.09. The van der Waals surface area contributed by atoms with Gasteiger partial charge in [-0.05, 0) is 32.9 Å². The fourth-order valence-electron chi connectivity index (χ4n) is 1.86. The van der Waals surface area contributed by atoms with Crippen molar-refractivity contribution in [2.24, 2.45) is 0 Å². The lowest BCUT2D eigenvalue weighted by Gasteiger charge is -2.15. The summed E-state index contributed by atoms with van der Waals surface area (Å²) in [7, 11) is 0. The Kier molecular flexibility index (Phi) is 3.42.